The molecule has 0 radical (unpaired) electrons. The van der Waals surface area contributed by atoms with Gasteiger partial charge in [-0.3, -0.25) is 4.68 Å². The van der Waals surface area contributed by atoms with E-state index in [1.807, 2.05) is 4.57 Å². The molecule has 1 saturated carbocycles. The molecule has 3 aromatic heterocycles. The molecule has 0 bridgehead atoms. The van der Waals surface area contributed by atoms with E-state index in [1.54, 1.807) is 30.3 Å². The number of imidazole rings is 1. The second-order valence-corrected chi connectivity index (χ2v) is 12.1. The van der Waals surface area contributed by atoms with Gasteiger partial charge < -0.3 is 19.1 Å². The number of ether oxygens (including phenoxy) is 2. The summed E-state index contributed by atoms with van der Waals surface area (Å²) in [5, 5.41) is 14.1. The molecular formula is C33H29F2N5O4. The first-order chi connectivity index (χ1) is 21.3. The molecule has 8 rings (SSSR count). The summed E-state index contributed by atoms with van der Waals surface area (Å²) in [4.78, 5) is 20.7. The summed E-state index contributed by atoms with van der Waals surface area (Å²) in [5.41, 5.74) is 4.22. The van der Waals surface area contributed by atoms with Crippen LogP contribution in [0.3, 0.4) is 0 Å². The third-order valence-electron chi connectivity index (χ3n) is 9.02. The van der Waals surface area contributed by atoms with Crippen molar-refractivity contribution in [3.05, 3.63) is 94.6 Å². The minimum atomic E-state index is -1.05. The fourth-order valence-electron chi connectivity index (χ4n) is 6.29. The maximum atomic E-state index is 15.5. The summed E-state index contributed by atoms with van der Waals surface area (Å²) < 4.78 is 46.4. The Balaban J connectivity index is 1.03. The van der Waals surface area contributed by atoms with Crippen molar-refractivity contribution < 1.29 is 28.2 Å². The summed E-state index contributed by atoms with van der Waals surface area (Å²) in [6, 6.07) is 14.0. The standard InChI is InChI=1S/C33H29F2N5O4/c34-25-14-24(27-2-1-3-31(37-27)44-17-21-13-22-15-33(7-8-33)18-40(22)38-21)26(35)10-20(25)12-30-36-28-5-4-19(32(41)42)11-29(28)39(30)16-23-6-9-43-23/h1-5,10-11,13-14,23H,6-9,12,15-18H2,(H,41,42)/t23-/m0/s1. The highest BCUT2D eigenvalue weighted by Crippen LogP contribution is 2.53. The van der Waals surface area contributed by atoms with Gasteiger partial charge in [-0.05, 0) is 79.1 Å². The number of aromatic nitrogens is 5. The molecular weight excluding hydrogens is 568 g/mol. The van der Waals surface area contributed by atoms with Crippen LogP contribution in [0.25, 0.3) is 22.3 Å². The van der Waals surface area contributed by atoms with Gasteiger partial charge in [-0.15, -0.1) is 0 Å². The van der Waals surface area contributed by atoms with Gasteiger partial charge in [-0.25, -0.2) is 23.5 Å². The molecule has 11 heteroatoms. The van der Waals surface area contributed by atoms with Gasteiger partial charge in [0, 0.05) is 36.9 Å². The Labute approximate surface area is 251 Å². The molecule has 3 aliphatic rings. The molecule has 0 amide bonds. The van der Waals surface area contributed by atoms with Crippen LogP contribution in [0.2, 0.25) is 0 Å². The molecule has 1 saturated heterocycles. The van der Waals surface area contributed by atoms with E-state index in [9.17, 15) is 9.90 Å². The maximum absolute atomic E-state index is 15.5. The van der Waals surface area contributed by atoms with Crippen molar-refractivity contribution in [2.24, 2.45) is 5.41 Å². The van der Waals surface area contributed by atoms with Crippen LogP contribution < -0.4 is 4.74 Å². The molecule has 2 aromatic carbocycles. The van der Waals surface area contributed by atoms with E-state index in [-0.39, 0.29) is 41.5 Å². The lowest BCUT2D eigenvalue weighted by atomic mass is 10.0. The predicted molar refractivity (Wildman–Crippen MR) is 155 cm³/mol. The van der Waals surface area contributed by atoms with E-state index in [2.05, 4.69) is 25.8 Å². The van der Waals surface area contributed by atoms with Crippen LogP contribution in [-0.2, 0) is 37.3 Å². The lowest BCUT2D eigenvalue weighted by Gasteiger charge is -2.27. The quantitative estimate of drug-likeness (QED) is 0.237. The van der Waals surface area contributed by atoms with Crippen molar-refractivity contribution in [3.8, 4) is 17.1 Å². The third kappa shape index (κ3) is 4.90. The highest BCUT2D eigenvalue weighted by Gasteiger charge is 2.48. The van der Waals surface area contributed by atoms with Crippen molar-refractivity contribution in [2.75, 3.05) is 6.61 Å². The molecule has 1 spiro atoms. The number of carboxylic acids is 1. The molecule has 5 heterocycles. The molecule has 44 heavy (non-hydrogen) atoms. The number of carbonyl (C=O) groups is 1. The van der Waals surface area contributed by atoms with Crippen molar-refractivity contribution in [3.63, 3.8) is 0 Å². The monoisotopic (exact) mass is 597 g/mol. The van der Waals surface area contributed by atoms with E-state index in [1.165, 1.54) is 30.7 Å². The summed E-state index contributed by atoms with van der Waals surface area (Å²) in [6.07, 6.45) is 4.42. The first kappa shape index (κ1) is 26.9. The highest BCUT2D eigenvalue weighted by atomic mass is 19.1. The average Bonchev–Trinajstić information content (AvgIpc) is 3.32. The normalized spacial score (nSPS) is 18.0. The topological polar surface area (TPSA) is 104 Å². The molecule has 1 atom stereocenters. The van der Waals surface area contributed by atoms with Gasteiger partial charge in [0.25, 0.3) is 0 Å². The maximum Gasteiger partial charge on any atom is 0.335 e. The van der Waals surface area contributed by atoms with Crippen molar-refractivity contribution in [1.82, 2.24) is 24.3 Å². The molecule has 1 N–H and O–H groups in total. The van der Waals surface area contributed by atoms with Crippen LogP contribution in [-0.4, -0.2) is 48.1 Å². The zero-order valence-electron chi connectivity index (χ0n) is 23.8. The summed E-state index contributed by atoms with van der Waals surface area (Å²) in [6.45, 7) is 2.30. The van der Waals surface area contributed by atoms with Gasteiger partial charge in [-0.2, -0.15) is 5.10 Å². The zero-order valence-corrected chi connectivity index (χ0v) is 23.8. The van der Waals surface area contributed by atoms with Crippen LogP contribution in [0.1, 0.15) is 52.4 Å². The highest BCUT2D eigenvalue weighted by molar-refractivity contribution is 5.92. The number of aromatic carboxylic acids is 1. The Kier molecular flexibility index (Phi) is 6.26. The van der Waals surface area contributed by atoms with Crippen molar-refractivity contribution in [1.29, 1.82) is 0 Å². The predicted octanol–water partition coefficient (Wildman–Crippen LogP) is 5.57. The average molecular weight is 598 g/mol. The largest absolute Gasteiger partial charge is 0.478 e. The Morgan fingerprint density at radius 3 is 2.70 bits per heavy atom. The van der Waals surface area contributed by atoms with Crippen molar-refractivity contribution in [2.45, 2.75) is 57.9 Å². The lowest BCUT2D eigenvalue weighted by Crippen LogP contribution is -2.31. The number of pyridine rings is 1. The van der Waals surface area contributed by atoms with Crippen LogP contribution in [0.15, 0.2) is 54.6 Å². The molecule has 224 valence electrons. The van der Waals surface area contributed by atoms with Crippen LogP contribution in [0.5, 0.6) is 5.88 Å². The second-order valence-electron chi connectivity index (χ2n) is 12.1. The molecule has 1 aliphatic carbocycles. The Morgan fingerprint density at radius 1 is 1.09 bits per heavy atom. The lowest BCUT2D eigenvalue weighted by molar-refractivity contribution is -0.0589. The van der Waals surface area contributed by atoms with Gasteiger partial charge in [0.15, 0.2) is 0 Å². The van der Waals surface area contributed by atoms with Gasteiger partial charge in [0.2, 0.25) is 5.88 Å². The molecule has 9 nitrogen and oxygen atoms in total. The number of hydrogen-bond donors (Lipinski definition) is 1. The number of hydrogen-bond acceptors (Lipinski definition) is 6. The van der Waals surface area contributed by atoms with Gasteiger partial charge in [0.1, 0.15) is 29.8 Å². The molecule has 5 aromatic rings. The van der Waals surface area contributed by atoms with E-state index in [0.717, 1.165) is 31.1 Å². The number of carboxylic acid groups (broad SMARTS) is 1. The minimum Gasteiger partial charge on any atom is -0.478 e. The Hall–Kier alpha value is -4.64. The number of nitrogens with zero attached hydrogens (tertiary/aromatic N) is 5. The van der Waals surface area contributed by atoms with E-state index < -0.39 is 17.6 Å². The smallest absolute Gasteiger partial charge is 0.335 e. The Morgan fingerprint density at radius 2 is 1.95 bits per heavy atom. The zero-order chi connectivity index (χ0) is 30.0. The fourth-order valence-corrected chi connectivity index (χ4v) is 6.29. The van der Waals surface area contributed by atoms with Crippen LogP contribution in [0.4, 0.5) is 8.78 Å². The van der Waals surface area contributed by atoms with Gasteiger partial charge in [0.05, 0.1) is 34.9 Å². The van der Waals surface area contributed by atoms with Crippen LogP contribution in [0, 0.1) is 17.0 Å². The molecule has 2 fully saturated rings. The number of halogens is 2. The van der Waals surface area contributed by atoms with Gasteiger partial charge >= 0.3 is 5.97 Å². The van der Waals surface area contributed by atoms with Crippen molar-refractivity contribution >= 4 is 17.0 Å². The first-order valence-electron chi connectivity index (χ1n) is 14.8. The third-order valence-corrected chi connectivity index (χ3v) is 9.02. The SMILES string of the molecule is O=C(O)c1ccc2nc(Cc3cc(F)c(-c4cccc(OCc5cc6n(n5)CC5(CC5)C6)n4)cc3F)n(C[C@@H]3CCO3)c2c1. The number of fused-ring (bicyclic) bond motifs is 2. The summed E-state index contributed by atoms with van der Waals surface area (Å²) >= 11 is 0. The number of benzene rings is 2. The summed E-state index contributed by atoms with van der Waals surface area (Å²) in [5.74, 6) is -1.48. The molecule has 0 unspecified atom stereocenters. The first-order valence-corrected chi connectivity index (χ1v) is 14.8. The van der Waals surface area contributed by atoms with Gasteiger partial charge in [-0.1, -0.05) is 6.07 Å². The fraction of sp³-hybridized carbons (Fsp3) is 0.333. The minimum absolute atomic E-state index is 0.0131. The van der Waals surface area contributed by atoms with E-state index >= 15 is 8.78 Å². The second kappa shape index (κ2) is 10.2. The summed E-state index contributed by atoms with van der Waals surface area (Å²) in [7, 11) is 0. The van der Waals surface area contributed by atoms with E-state index in [4.69, 9.17) is 9.47 Å². The Bertz CT molecular complexity index is 1920. The number of rotatable bonds is 9. The van der Waals surface area contributed by atoms with Crippen LogP contribution >= 0.6 is 0 Å². The van der Waals surface area contributed by atoms with E-state index in [0.29, 0.717) is 41.3 Å². The molecule has 2 aliphatic heterocycles.